The van der Waals surface area contributed by atoms with E-state index >= 15 is 0 Å². The molecule has 6 nitrogen and oxygen atoms in total. The topological polar surface area (TPSA) is 89.9 Å². The fourth-order valence-electron chi connectivity index (χ4n) is 1.95. The minimum atomic E-state index is -1.23. The maximum atomic E-state index is 12.1. The molecule has 1 unspecified atom stereocenters. The summed E-state index contributed by atoms with van der Waals surface area (Å²) in [4.78, 5) is 34.7. The van der Waals surface area contributed by atoms with Gasteiger partial charge in [-0.25, -0.2) is 14.4 Å². The molecular formula is C14H14O6. The Kier molecular flexibility index (Phi) is 3.48. The number of benzene rings is 1. The highest BCUT2D eigenvalue weighted by atomic mass is 16.6. The molecule has 1 atom stereocenters. The average Bonchev–Trinajstić information content (AvgIpc) is 2.65. The molecule has 0 radical (unpaired) electrons. The third-order valence-electron chi connectivity index (χ3n) is 3.11. The number of hydrogen-bond donors (Lipinski definition) is 1. The molecule has 6 heteroatoms. The number of carbonyl (C=O) groups excluding carboxylic acids is 2. The van der Waals surface area contributed by atoms with Crippen LogP contribution < -0.4 is 0 Å². The second-order valence-corrected chi connectivity index (χ2v) is 5.23. The Hall–Kier alpha value is -2.37. The van der Waals surface area contributed by atoms with Crippen LogP contribution in [0.25, 0.3) is 0 Å². The Balaban J connectivity index is 2.25. The second kappa shape index (κ2) is 4.96. The minimum Gasteiger partial charge on any atom is -0.478 e. The average molecular weight is 278 g/mol. The minimum absolute atomic E-state index is 0.0875. The number of hydrogen-bond acceptors (Lipinski definition) is 5. The molecule has 1 heterocycles. The molecule has 0 spiro atoms. The molecule has 1 aromatic rings. The smallest absolute Gasteiger partial charge is 0.348 e. The monoisotopic (exact) mass is 278 g/mol. The second-order valence-electron chi connectivity index (χ2n) is 5.23. The largest absolute Gasteiger partial charge is 0.478 e. The van der Waals surface area contributed by atoms with Crippen LogP contribution in [0.15, 0.2) is 24.3 Å². The highest BCUT2D eigenvalue weighted by molar-refractivity contribution is 6.03. The van der Waals surface area contributed by atoms with Gasteiger partial charge in [0, 0.05) is 5.41 Å². The summed E-state index contributed by atoms with van der Waals surface area (Å²) in [7, 11) is 0. The van der Waals surface area contributed by atoms with Crippen LogP contribution in [0.3, 0.4) is 0 Å². The molecule has 1 aromatic carbocycles. The van der Waals surface area contributed by atoms with Crippen LogP contribution in [-0.2, 0) is 14.3 Å². The van der Waals surface area contributed by atoms with Crippen LogP contribution in [0.2, 0.25) is 0 Å². The van der Waals surface area contributed by atoms with Gasteiger partial charge in [0.15, 0.2) is 0 Å². The van der Waals surface area contributed by atoms with Crippen LogP contribution in [-0.4, -0.2) is 35.7 Å². The fraction of sp³-hybridized carbons (Fsp3) is 0.357. The summed E-state index contributed by atoms with van der Waals surface area (Å²) in [6.45, 7) is 3.63. The van der Waals surface area contributed by atoms with E-state index in [0.717, 1.165) is 0 Å². The summed E-state index contributed by atoms with van der Waals surface area (Å²) in [6.07, 6.45) is -1.03. The summed E-state index contributed by atoms with van der Waals surface area (Å²) < 4.78 is 10.0. The lowest BCUT2D eigenvalue weighted by molar-refractivity contribution is -0.145. The zero-order valence-electron chi connectivity index (χ0n) is 11.1. The van der Waals surface area contributed by atoms with Gasteiger partial charge in [-0.3, -0.25) is 0 Å². The van der Waals surface area contributed by atoms with Crippen molar-refractivity contribution in [1.29, 1.82) is 0 Å². The number of esters is 2. The lowest BCUT2D eigenvalue weighted by Gasteiger charge is -2.21. The number of cyclic esters (lactones) is 1. The zero-order chi connectivity index (χ0) is 14.9. The van der Waals surface area contributed by atoms with Crippen LogP contribution in [0.5, 0.6) is 0 Å². The van der Waals surface area contributed by atoms with Crippen LogP contribution >= 0.6 is 0 Å². The Morgan fingerprint density at radius 1 is 1.30 bits per heavy atom. The van der Waals surface area contributed by atoms with Gasteiger partial charge in [-0.2, -0.15) is 0 Å². The van der Waals surface area contributed by atoms with Crippen molar-refractivity contribution in [3.05, 3.63) is 35.4 Å². The van der Waals surface area contributed by atoms with Crippen molar-refractivity contribution in [1.82, 2.24) is 0 Å². The lowest BCUT2D eigenvalue weighted by Crippen LogP contribution is -2.35. The van der Waals surface area contributed by atoms with Gasteiger partial charge in [-0.05, 0) is 12.1 Å². The van der Waals surface area contributed by atoms with Gasteiger partial charge >= 0.3 is 17.9 Å². The summed E-state index contributed by atoms with van der Waals surface area (Å²) >= 11 is 0. The number of aromatic carboxylic acids is 1. The maximum absolute atomic E-state index is 12.1. The van der Waals surface area contributed by atoms with Crippen LogP contribution in [0.1, 0.15) is 34.6 Å². The van der Waals surface area contributed by atoms with E-state index in [9.17, 15) is 14.4 Å². The van der Waals surface area contributed by atoms with Gasteiger partial charge in [0.25, 0.3) is 0 Å². The van der Waals surface area contributed by atoms with E-state index in [4.69, 9.17) is 14.6 Å². The number of rotatable bonds is 3. The summed E-state index contributed by atoms with van der Waals surface area (Å²) in [5, 5.41) is 9.03. The van der Waals surface area contributed by atoms with E-state index in [1.807, 2.05) is 0 Å². The van der Waals surface area contributed by atoms with Gasteiger partial charge in [-0.1, -0.05) is 26.0 Å². The SMILES string of the molecule is CC1(C)COC(=O)C1OC(=O)c1ccccc1C(=O)O. The summed E-state index contributed by atoms with van der Waals surface area (Å²) in [5.74, 6) is -2.69. The van der Waals surface area contributed by atoms with Gasteiger partial charge in [0.2, 0.25) is 6.10 Å². The number of carboxylic acid groups (broad SMARTS) is 1. The molecule has 106 valence electrons. The quantitative estimate of drug-likeness (QED) is 0.842. The molecule has 0 aliphatic carbocycles. The van der Waals surface area contributed by atoms with Crippen molar-refractivity contribution in [2.75, 3.05) is 6.61 Å². The highest BCUT2D eigenvalue weighted by Crippen LogP contribution is 2.31. The predicted octanol–water partition coefficient (Wildman–Crippen LogP) is 1.49. The number of ether oxygens (including phenoxy) is 2. The third-order valence-corrected chi connectivity index (χ3v) is 3.11. The number of carbonyl (C=O) groups is 3. The Morgan fingerprint density at radius 3 is 2.40 bits per heavy atom. The van der Waals surface area contributed by atoms with E-state index < -0.39 is 29.4 Å². The standard InChI is InChI=1S/C14H14O6/c1-14(2)7-19-13(18)10(14)20-12(17)9-6-4-3-5-8(9)11(15)16/h3-6,10H,7H2,1-2H3,(H,15,16). The molecule has 1 saturated heterocycles. The van der Waals surface area contributed by atoms with Gasteiger partial charge in [0.1, 0.15) is 6.61 Å². The lowest BCUT2D eigenvalue weighted by atomic mass is 9.90. The first-order valence-electron chi connectivity index (χ1n) is 6.03. The van der Waals surface area contributed by atoms with E-state index in [1.54, 1.807) is 13.8 Å². The van der Waals surface area contributed by atoms with Crippen molar-refractivity contribution in [3.8, 4) is 0 Å². The molecule has 1 N–H and O–H groups in total. The normalized spacial score (nSPS) is 20.3. The van der Waals surface area contributed by atoms with E-state index in [2.05, 4.69) is 0 Å². The molecule has 0 aromatic heterocycles. The first kappa shape index (κ1) is 14.0. The summed E-state index contributed by atoms with van der Waals surface area (Å²) in [5.41, 5.74) is -0.887. The van der Waals surface area contributed by atoms with Crippen molar-refractivity contribution in [3.63, 3.8) is 0 Å². The predicted molar refractivity (Wildman–Crippen MR) is 67.3 cm³/mol. The molecule has 0 bridgehead atoms. The Labute approximate surface area is 115 Å². The van der Waals surface area contributed by atoms with E-state index in [1.165, 1.54) is 24.3 Å². The molecule has 1 fully saturated rings. The highest BCUT2D eigenvalue weighted by Gasteiger charge is 2.46. The molecule has 1 aliphatic rings. The van der Waals surface area contributed by atoms with Gasteiger partial charge in [0.05, 0.1) is 11.1 Å². The fourth-order valence-corrected chi connectivity index (χ4v) is 1.95. The zero-order valence-corrected chi connectivity index (χ0v) is 11.1. The first-order chi connectivity index (χ1) is 9.33. The third kappa shape index (κ3) is 2.49. The number of carboxylic acids is 1. The molecule has 2 rings (SSSR count). The van der Waals surface area contributed by atoms with Crippen molar-refractivity contribution in [2.45, 2.75) is 20.0 Å². The molecule has 20 heavy (non-hydrogen) atoms. The first-order valence-corrected chi connectivity index (χ1v) is 6.03. The van der Waals surface area contributed by atoms with Crippen molar-refractivity contribution < 1.29 is 29.0 Å². The molecule has 0 amide bonds. The molecule has 1 aliphatic heterocycles. The Bertz CT molecular complexity index is 575. The van der Waals surface area contributed by atoms with Crippen LogP contribution in [0, 0.1) is 5.41 Å². The molecular weight excluding hydrogens is 264 g/mol. The maximum Gasteiger partial charge on any atom is 0.348 e. The summed E-state index contributed by atoms with van der Waals surface area (Å²) in [6, 6.07) is 5.69. The van der Waals surface area contributed by atoms with Crippen LogP contribution in [0.4, 0.5) is 0 Å². The molecule has 0 saturated carbocycles. The van der Waals surface area contributed by atoms with Crippen molar-refractivity contribution >= 4 is 17.9 Å². The Morgan fingerprint density at radius 2 is 1.90 bits per heavy atom. The van der Waals surface area contributed by atoms with Gasteiger partial charge < -0.3 is 14.6 Å². The van der Waals surface area contributed by atoms with E-state index in [0.29, 0.717) is 0 Å². The van der Waals surface area contributed by atoms with E-state index in [-0.39, 0.29) is 17.7 Å². The van der Waals surface area contributed by atoms with Gasteiger partial charge in [-0.15, -0.1) is 0 Å². The van der Waals surface area contributed by atoms with Crippen molar-refractivity contribution in [2.24, 2.45) is 5.41 Å².